The topological polar surface area (TPSA) is 75.7 Å². The van der Waals surface area contributed by atoms with Crippen molar-refractivity contribution < 1.29 is 19.1 Å². The van der Waals surface area contributed by atoms with Crippen molar-refractivity contribution in [2.45, 2.75) is 13.8 Å². The van der Waals surface area contributed by atoms with Crippen molar-refractivity contribution in [3.63, 3.8) is 0 Å². The lowest BCUT2D eigenvalue weighted by Crippen LogP contribution is -2.40. The molecule has 0 unspecified atom stereocenters. The predicted molar refractivity (Wildman–Crippen MR) is 77.8 cm³/mol. The minimum atomic E-state index is -0.474. The Morgan fingerprint density at radius 1 is 1.29 bits per heavy atom. The van der Waals surface area contributed by atoms with Crippen molar-refractivity contribution in [3.8, 4) is 0 Å². The van der Waals surface area contributed by atoms with Gasteiger partial charge in [-0.2, -0.15) is 0 Å². The quantitative estimate of drug-likeness (QED) is 0.785. The van der Waals surface area contributed by atoms with Gasteiger partial charge in [-0.1, -0.05) is 17.7 Å². The summed E-state index contributed by atoms with van der Waals surface area (Å²) in [5.41, 5.74) is 1.46. The van der Waals surface area contributed by atoms with Gasteiger partial charge < -0.3 is 15.0 Å². The van der Waals surface area contributed by atoms with Crippen molar-refractivity contribution in [2.75, 3.05) is 26.7 Å². The maximum absolute atomic E-state index is 11.9. The number of nitrogens with one attached hydrogen (secondary N) is 1. The average molecular weight is 292 g/mol. The number of hydrogen-bond donors (Lipinski definition) is 1. The first-order chi connectivity index (χ1) is 9.93. The largest absolute Gasteiger partial charge is 0.465 e. The van der Waals surface area contributed by atoms with Crippen LogP contribution in [0.25, 0.3) is 0 Å². The molecule has 0 aliphatic rings. The highest BCUT2D eigenvalue weighted by Crippen LogP contribution is 2.03. The normalized spacial score (nSPS) is 9.86. The summed E-state index contributed by atoms with van der Waals surface area (Å²) in [5, 5.41) is 2.53. The number of aryl methyl sites for hydroxylation is 1. The molecule has 114 valence electrons. The lowest BCUT2D eigenvalue weighted by molar-refractivity contribution is -0.147. The molecule has 0 fully saturated rings. The number of ether oxygens (including phenoxy) is 1. The second kappa shape index (κ2) is 8.04. The van der Waals surface area contributed by atoms with Crippen LogP contribution in [-0.2, 0) is 14.3 Å². The highest BCUT2D eigenvalue weighted by atomic mass is 16.5. The van der Waals surface area contributed by atoms with Gasteiger partial charge in [0, 0.05) is 12.6 Å². The second-order valence-corrected chi connectivity index (χ2v) is 4.61. The van der Waals surface area contributed by atoms with Gasteiger partial charge in [-0.15, -0.1) is 0 Å². The summed E-state index contributed by atoms with van der Waals surface area (Å²) in [7, 11) is 1.48. The van der Waals surface area contributed by atoms with Crippen LogP contribution in [0, 0.1) is 6.92 Å². The van der Waals surface area contributed by atoms with Crippen LogP contribution < -0.4 is 5.32 Å². The number of hydrogen-bond acceptors (Lipinski definition) is 4. The van der Waals surface area contributed by atoms with Crippen molar-refractivity contribution >= 4 is 17.8 Å². The van der Waals surface area contributed by atoms with Crippen LogP contribution in [0.15, 0.2) is 24.3 Å². The smallest absolute Gasteiger partial charge is 0.325 e. The van der Waals surface area contributed by atoms with Gasteiger partial charge in [-0.3, -0.25) is 14.4 Å². The summed E-state index contributed by atoms with van der Waals surface area (Å²) in [6.45, 7) is 3.55. The standard InChI is InChI=1S/C15H20N2O4/c1-4-21-14(19)10-17(3)13(18)9-16-15(20)12-7-5-6-11(2)8-12/h5-8H,4,9-10H2,1-3H3,(H,16,20). The van der Waals surface area contributed by atoms with Crippen molar-refractivity contribution in [2.24, 2.45) is 0 Å². The fraction of sp³-hybridized carbons (Fsp3) is 0.400. The Balaban J connectivity index is 2.45. The van der Waals surface area contributed by atoms with Gasteiger partial charge in [0.25, 0.3) is 5.91 Å². The zero-order valence-electron chi connectivity index (χ0n) is 12.5. The Labute approximate surface area is 124 Å². The number of esters is 1. The number of likely N-dealkylation sites (N-methyl/N-ethyl adjacent to an activating group) is 1. The summed E-state index contributed by atoms with van der Waals surface area (Å²) in [4.78, 5) is 36.1. The summed E-state index contributed by atoms with van der Waals surface area (Å²) in [5.74, 6) is -1.15. The van der Waals surface area contributed by atoms with Crippen molar-refractivity contribution in [1.29, 1.82) is 0 Å². The number of amides is 2. The number of nitrogens with zero attached hydrogens (tertiary/aromatic N) is 1. The number of benzene rings is 1. The first-order valence-corrected chi connectivity index (χ1v) is 6.68. The lowest BCUT2D eigenvalue weighted by Gasteiger charge is -2.16. The third kappa shape index (κ3) is 5.64. The van der Waals surface area contributed by atoms with E-state index in [-0.39, 0.29) is 31.5 Å². The fourth-order valence-corrected chi connectivity index (χ4v) is 1.67. The first-order valence-electron chi connectivity index (χ1n) is 6.68. The summed E-state index contributed by atoms with van der Waals surface area (Å²) in [6.07, 6.45) is 0. The van der Waals surface area contributed by atoms with Crippen molar-refractivity contribution in [3.05, 3.63) is 35.4 Å². The Hall–Kier alpha value is -2.37. The molecular weight excluding hydrogens is 272 g/mol. The Bertz CT molecular complexity index is 528. The van der Waals surface area contributed by atoms with Crippen LogP contribution in [0.3, 0.4) is 0 Å². The summed E-state index contributed by atoms with van der Waals surface area (Å²) in [6, 6.07) is 7.07. The monoisotopic (exact) mass is 292 g/mol. The molecule has 0 atom stereocenters. The van der Waals surface area contributed by atoms with Crippen LogP contribution in [0.4, 0.5) is 0 Å². The molecule has 21 heavy (non-hydrogen) atoms. The van der Waals surface area contributed by atoms with E-state index >= 15 is 0 Å². The predicted octanol–water partition coefficient (Wildman–Crippen LogP) is 0.746. The van der Waals surface area contributed by atoms with E-state index in [4.69, 9.17) is 4.74 Å². The van der Waals surface area contributed by atoms with Gasteiger partial charge in [0.05, 0.1) is 13.2 Å². The third-order valence-electron chi connectivity index (χ3n) is 2.78. The number of carbonyl (C=O) groups excluding carboxylic acids is 3. The SMILES string of the molecule is CCOC(=O)CN(C)C(=O)CNC(=O)c1cccc(C)c1. The third-order valence-corrected chi connectivity index (χ3v) is 2.78. The molecule has 1 N–H and O–H groups in total. The van der Waals surface area contributed by atoms with Gasteiger partial charge in [-0.25, -0.2) is 0 Å². The van der Waals surface area contributed by atoms with E-state index in [1.807, 2.05) is 13.0 Å². The molecule has 0 aliphatic heterocycles. The lowest BCUT2D eigenvalue weighted by atomic mass is 10.1. The molecule has 1 aromatic carbocycles. The number of rotatable bonds is 6. The molecule has 0 saturated carbocycles. The molecule has 0 aromatic heterocycles. The number of carbonyl (C=O) groups is 3. The molecule has 6 heteroatoms. The van der Waals surface area contributed by atoms with Gasteiger partial charge in [0.15, 0.2) is 0 Å². The summed E-state index contributed by atoms with van der Waals surface area (Å²) < 4.78 is 4.75. The van der Waals surface area contributed by atoms with E-state index in [0.29, 0.717) is 5.56 Å². The molecule has 0 heterocycles. The minimum Gasteiger partial charge on any atom is -0.465 e. The highest BCUT2D eigenvalue weighted by molar-refractivity contribution is 5.96. The molecule has 6 nitrogen and oxygen atoms in total. The van der Waals surface area contributed by atoms with Crippen LogP contribution in [-0.4, -0.2) is 49.4 Å². The molecule has 1 aromatic rings. The molecular formula is C15H20N2O4. The molecule has 0 bridgehead atoms. The Kier molecular flexibility index (Phi) is 6.39. The highest BCUT2D eigenvalue weighted by Gasteiger charge is 2.15. The molecule has 0 radical (unpaired) electrons. The minimum absolute atomic E-state index is 0.132. The zero-order chi connectivity index (χ0) is 15.8. The van der Waals surface area contributed by atoms with Crippen LogP contribution >= 0.6 is 0 Å². The Morgan fingerprint density at radius 2 is 2.00 bits per heavy atom. The van der Waals surface area contributed by atoms with Gasteiger partial charge >= 0.3 is 5.97 Å². The van der Waals surface area contributed by atoms with Crippen LogP contribution in [0.1, 0.15) is 22.8 Å². The van der Waals surface area contributed by atoms with Gasteiger partial charge in [0.2, 0.25) is 5.91 Å². The van der Waals surface area contributed by atoms with Gasteiger partial charge in [0.1, 0.15) is 6.54 Å². The second-order valence-electron chi connectivity index (χ2n) is 4.61. The Morgan fingerprint density at radius 3 is 2.62 bits per heavy atom. The van der Waals surface area contributed by atoms with E-state index in [0.717, 1.165) is 5.56 Å². The molecule has 1 rings (SSSR count). The summed E-state index contributed by atoms with van der Waals surface area (Å²) >= 11 is 0. The average Bonchev–Trinajstić information content (AvgIpc) is 2.44. The van der Waals surface area contributed by atoms with E-state index < -0.39 is 5.97 Å². The van der Waals surface area contributed by atoms with E-state index in [2.05, 4.69) is 5.32 Å². The van der Waals surface area contributed by atoms with Crippen LogP contribution in [0.2, 0.25) is 0 Å². The van der Waals surface area contributed by atoms with E-state index in [9.17, 15) is 14.4 Å². The van der Waals surface area contributed by atoms with Crippen molar-refractivity contribution in [1.82, 2.24) is 10.2 Å². The van der Waals surface area contributed by atoms with E-state index in [1.54, 1.807) is 25.1 Å². The molecule has 0 spiro atoms. The zero-order valence-corrected chi connectivity index (χ0v) is 12.5. The molecule has 0 aliphatic carbocycles. The maximum Gasteiger partial charge on any atom is 0.325 e. The van der Waals surface area contributed by atoms with E-state index in [1.165, 1.54) is 11.9 Å². The fourth-order valence-electron chi connectivity index (χ4n) is 1.67. The van der Waals surface area contributed by atoms with Gasteiger partial charge in [-0.05, 0) is 26.0 Å². The first kappa shape index (κ1) is 16.7. The molecule has 0 saturated heterocycles. The van der Waals surface area contributed by atoms with Crippen LogP contribution in [0.5, 0.6) is 0 Å². The molecule has 2 amide bonds. The maximum atomic E-state index is 11.9.